The van der Waals surface area contributed by atoms with Gasteiger partial charge in [0.05, 0.1) is 25.9 Å². The van der Waals surface area contributed by atoms with Crippen molar-refractivity contribution in [3.63, 3.8) is 0 Å². The van der Waals surface area contributed by atoms with Crippen molar-refractivity contribution >= 4 is 72.2 Å². The first kappa shape index (κ1) is 33.2. The molecule has 19 nitrogen and oxygen atoms in total. The number of ether oxygens (including phenoxy) is 2. The largest absolute Gasteiger partial charge is 0.386 e. The minimum Gasteiger partial charge on any atom is -0.382 e. The number of rotatable bonds is 10. The highest BCUT2D eigenvalue weighted by atomic mass is 32.7. The fraction of sp³-hybridized carbons (Fsp3) is 0.524. The zero-order valence-electron chi connectivity index (χ0n) is 23.3. The minimum absolute atomic E-state index is 0.0153. The van der Waals surface area contributed by atoms with Gasteiger partial charge in [-0.2, -0.15) is 4.98 Å². The fourth-order valence-electron chi connectivity index (χ4n) is 5.21. The fourth-order valence-corrected chi connectivity index (χ4v) is 7.23. The van der Waals surface area contributed by atoms with Crippen molar-refractivity contribution in [3.05, 3.63) is 29.3 Å². The molecule has 2 fully saturated rings. The topological polar surface area (TPSA) is 260 Å². The average molecular weight is 727 g/mol. The smallest absolute Gasteiger partial charge is 0.382 e. The number of alkyl halides is 2. The Morgan fingerprint density at radius 1 is 0.978 bits per heavy atom. The van der Waals surface area contributed by atoms with Gasteiger partial charge in [0.1, 0.15) is 42.6 Å². The monoisotopic (exact) mass is 726 g/mol. The molecule has 0 aromatic carbocycles. The summed E-state index contributed by atoms with van der Waals surface area (Å²) in [6.07, 6.45) is -7.30. The Kier molecular flexibility index (Phi) is 8.93. The minimum atomic E-state index is -4.51. The van der Waals surface area contributed by atoms with Crippen LogP contribution < -0.4 is 17.0 Å². The second-order valence-electron chi connectivity index (χ2n) is 10.4. The Hall–Kier alpha value is -2.72. The number of fused-ring (bicyclic) bond motifs is 2. The average Bonchev–Trinajstić information content (AvgIpc) is 3.73. The summed E-state index contributed by atoms with van der Waals surface area (Å²) in [6.45, 7) is -8.74. The van der Waals surface area contributed by atoms with E-state index >= 15 is 8.78 Å². The first-order chi connectivity index (χ1) is 21.6. The van der Waals surface area contributed by atoms with Gasteiger partial charge >= 0.3 is 13.6 Å². The number of thiol groups is 2. The summed E-state index contributed by atoms with van der Waals surface area (Å²) < 4.78 is 86.0. The molecule has 0 aliphatic carbocycles. The molecule has 0 bridgehead atoms. The number of nitrogen functional groups attached to an aromatic ring is 2. The molecule has 0 saturated carbocycles. The number of imidazole rings is 2. The normalized spacial score (nSPS) is 31.0. The molecule has 2 aliphatic heterocycles. The van der Waals surface area contributed by atoms with Gasteiger partial charge in [-0.1, -0.05) is 31.4 Å². The molecule has 6 rings (SSSR count). The van der Waals surface area contributed by atoms with Crippen molar-refractivity contribution < 1.29 is 45.8 Å². The number of aromatic nitrogens is 8. The number of nitrogens with one attached hydrogen (secondary N) is 1. The highest BCUT2D eigenvalue weighted by molar-refractivity contribution is 8.44. The molecule has 10 atom stereocenters. The van der Waals surface area contributed by atoms with Crippen LogP contribution in [0.15, 0.2) is 23.8 Å². The summed E-state index contributed by atoms with van der Waals surface area (Å²) >= 11 is 7.38. The van der Waals surface area contributed by atoms with E-state index in [1.165, 1.54) is 28.7 Å². The van der Waals surface area contributed by atoms with Crippen LogP contribution >= 0.6 is 38.1 Å². The van der Waals surface area contributed by atoms with Crippen molar-refractivity contribution in [2.24, 2.45) is 5.92 Å². The van der Waals surface area contributed by atoms with Crippen LogP contribution in [0.3, 0.4) is 0 Å². The van der Waals surface area contributed by atoms with Crippen LogP contribution in [0.2, 0.25) is 0 Å². The second-order valence-corrected chi connectivity index (χ2v) is 16.0. The zero-order chi connectivity index (χ0) is 33.1. The summed E-state index contributed by atoms with van der Waals surface area (Å²) in [5.41, 5.74) is 11.1. The van der Waals surface area contributed by atoms with Crippen LogP contribution in [0.4, 0.5) is 20.5 Å². The van der Waals surface area contributed by atoms with Gasteiger partial charge in [-0.3, -0.25) is 32.5 Å². The maximum Gasteiger partial charge on any atom is 0.386 e. The number of aromatic amines is 1. The van der Waals surface area contributed by atoms with Crippen molar-refractivity contribution in [3.8, 4) is 0 Å². The van der Waals surface area contributed by atoms with Gasteiger partial charge < -0.3 is 25.8 Å². The first-order valence-electron chi connectivity index (χ1n) is 13.2. The number of nitrogens with two attached hydrogens (primary N) is 2. The maximum atomic E-state index is 16.0. The van der Waals surface area contributed by atoms with Crippen LogP contribution in [0.1, 0.15) is 19.4 Å². The summed E-state index contributed by atoms with van der Waals surface area (Å²) in [5.74, 6) is -0.994. The van der Waals surface area contributed by atoms with Crippen LogP contribution in [0.25, 0.3) is 22.3 Å². The Bertz CT molecular complexity index is 1930. The molecule has 250 valence electrons. The van der Waals surface area contributed by atoms with E-state index in [1.54, 1.807) is 0 Å². The molecule has 2 aliphatic rings. The van der Waals surface area contributed by atoms with Crippen molar-refractivity contribution in [2.45, 2.75) is 50.0 Å². The van der Waals surface area contributed by atoms with Crippen molar-refractivity contribution in [2.75, 3.05) is 24.7 Å². The summed E-state index contributed by atoms with van der Waals surface area (Å²) in [5, 5.41) is 0. The summed E-state index contributed by atoms with van der Waals surface area (Å²) in [7, 11) is 0. The number of anilines is 2. The zero-order valence-corrected chi connectivity index (χ0v) is 26.9. The standard InChI is InChI=1S/C21H26F2N10O9P2S2/c1-7-10(22)8(40-19(7)33-6-29-13-17(33)30-21(25)31-18(13)34)2-39-44(37,46)42-14-9(3-38-43(35,36)45)41-20(11(14)23)32-5-28-12-15(24)26-4-27-16(12)32/h4-11,14,19-20H,2-3H2,1H3,(H,37,46)(H2,24,26,27)(H2,35,36,45)(H3,25,30,31,34)/t7-,8-,9-,10+,11-,14-,19-,20-,44?/m1/s1. The number of hydrogen-bond acceptors (Lipinski definition) is 15. The van der Waals surface area contributed by atoms with Crippen LogP contribution in [-0.2, 0) is 32.2 Å². The molecule has 6 heterocycles. The highest BCUT2D eigenvalue weighted by Gasteiger charge is 2.51. The molecule has 46 heavy (non-hydrogen) atoms. The predicted molar refractivity (Wildman–Crippen MR) is 161 cm³/mol. The Morgan fingerprint density at radius 2 is 1.63 bits per heavy atom. The van der Waals surface area contributed by atoms with E-state index < -0.39 is 81.4 Å². The first-order valence-corrected chi connectivity index (χ1v) is 18.7. The number of nitrogens with zero attached hydrogens (tertiary/aromatic N) is 7. The molecule has 0 radical (unpaired) electrons. The third-order valence-electron chi connectivity index (χ3n) is 7.34. The van der Waals surface area contributed by atoms with E-state index in [4.69, 9.17) is 34.5 Å². The van der Waals surface area contributed by atoms with Gasteiger partial charge in [0.25, 0.3) is 5.56 Å². The van der Waals surface area contributed by atoms with E-state index in [-0.39, 0.29) is 34.1 Å². The number of hydrogen-bond donors (Lipinski definition) is 6. The lowest BCUT2D eigenvalue weighted by Crippen LogP contribution is -2.33. The molecule has 0 spiro atoms. The lowest BCUT2D eigenvalue weighted by molar-refractivity contribution is -0.0440. The molecule has 4 aromatic heterocycles. The van der Waals surface area contributed by atoms with Gasteiger partial charge in [0, 0.05) is 5.92 Å². The lowest BCUT2D eigenvalue weighted by atomic mass is 10.0. The molecule has 6 N–H and O–H groups in total. The van der Waals surface area contributed by atoms with E-state index in [2.05, 4.69) is 54.4 Å². The Balaban J connectivity index is 1.18. The van der Waals surface area contributed by atoms with Gasteiger partial charge in [-0.15, -0.1) is 0 Å². The number of H-pyrrole nitrogens is 1. The van der Waals surface area contributed by atoms with E-state index in [0.717, 1.165) is 6.33 Å². The van der Waals surface area contributed by atoms with Gasteiger partial charge in [0.15, 0.2) is 35.0 Å². The second kappa shape index (κ2) is 12.4. The molecular formula is C21H26F2N10O9P2S2. The molecule has 25 heteroatoms. The summed E-state index contributed by atoms with van der Waals surface area (Å²) in [6, 6.07) is 0. The molecule has 0 amide bonds. The van der Waals surface area contributed by atoms with Gasteiger partial charge in [0.2, 0.25) is 5.95 Å². The quantitative estimate of drug-likeness (QED) is 0.100. The third kappa shape index (κ3) is 6.40. The Labute approximate surface area is 266 Å². The van der Waals surface area contributed by atoms with Crippen molar-refractivity contribution in [1.29, 1.82) is 0 Å². The maximum absolute atomic E-state index is 16.0. The van der Waals surface area contributed by atoms with Crippen LogP contribution in [-0.4, -0.2) is 87.8 Å². The molecule has 1 unspecified atom stereocenters. The van der Waals surface area contributed by atoms with Gasteiger partial charge in [-0.05, 0) is 0 Å². The van der Waals surface area contributed by atoms with E-state index in [1.807, 2.05) is 0 Å². The van der Waals surface area contributed by atoms with Crippen molar-refractivity contribution in [1.82, 2.24) is 39.0 Å². The molecule has 2 saturated heterocycles. The Morgan fingerprint density at radius 3 is 2.35 bits per heavy atom. The summed E-state index contributed by atoms with van der Waals surface area (Å²) in [4.78, 5) is 44.0. The van der Waals surface area contributed by atoms with Crippen LogP contribution in [0, 0.1) is 5.92 Å². The predicted octanol–water partition coefficient (Wildman–Crippen LogP) is 1.72. The third-order valence-corrected chi connectivity index (χ3v) is 9.78. The SMILES string of the molecule is C[C@@H]1[C@H](F)[C@@H](COP(=O)(S)O[C@H]2[C@@H](F)[C@H](n3cnc4c(N)ncnc43)O[C@@H]2CO[P@](=O)(O)S)O[C@H]1n1cnc2c(=O)[nH]c(N)nc21. The van der Waals surface area contributed by atoms with Crippen LogP contribution in [0.5, 0.6) is 0 Å². The lowest BCUT2D eigenvalue weighted by Gasteiger charge is -2.24. The molecule has 4 aromatic rings. The van der Waals surface area contributed by atoms with E-state index in [0.29, 0.717) is 0 Å². The number of halogens is 2. The molecular weight excluding hydrogens is 700 g/mol. The van der Waals surface area contributed by atoms with Gasteiger partial charge in [-0.25, -0.2) is 37.8 Å². The van der Waals surface area contributed by atoms with E-state index in [9.17, 15) is 18.8 Å². The highest BCUT2D eigenvalue weighted by Crippen LogP contribution is 2.57.